The van der Waals surface area contributed by atoms with Crippen LogP contribution in [0.1, 0.15) is 406 Å². The molecule has 0 aromatic carbocycles. The summed E-state index contributed by atoms with van der Waals surface area (Å²) in [5.41, 5.74) is 0. The lowest BCUT2D eigenvalue weighted by atomic mass is 10.0. The fourth-order valence-electron chi connectivity index (χ4n) is 12.5. The highest BCUT2D eigenvalue weighted by Gasteiger charge is 2.27. The van der Waals surface area contributed by atoms with Gasteiger partial charge >= 0.3 is 19.8 Å². The Morgan fingerprint density at radius 1 is 0.323 bits per heavy atom. The van der Waals surface area contributed by atoms with Crippen molar-refractivity contribution in [2.24, 2.45) is 0 Å². The van der Waals surface area contributed by atoms with E-state index in [0.29, 0.717) is 23.9 Å². The van der Waals surface area contributed by atoms with Crippen LogP contribution in [0.2, 0.25) is 0 Å². The Kier molecular flexibility index (Phi) is 76.6. The van der Waals surface area contributed by atoms with Crippen LogP contribution < -0.4 is 0 Å². The van der Waals surface area contributed by atoms with Gasteiger partial charge in [-0.05, 0) is 77.0 Å². The van der Waals surface area contributed by atoms with Crippen molar-refractivity contribution in [3.8, 4) is 0 Å². The van der Waals surface area contributed by atoms with Crippen LogP contribution in [0, 0.1) is 0 Å². The first-order valence-corrected chi connectivity index (χ1v) is 44.0. The molecular weight excluding hydrogens is 1240 g/mol. The van der Waals surface area contributed by atoms with Gasteiger partial charge in [0.25, 0.3) is 0 Å². The molecule has 2 unspecified atom stereocenters. The lowest BCUT2D eigenvalue weighted by molar-refractivity contribution is -0.870. The number of likely N-dealkylation sites (N-methyl/N-ethyl adjacent to an activating group) is 1. The normalized spacial score (nSPS) is 13.5. The summed E-state index contributed by atoms with van der Waals surface area (Å²) in [5, 5.41) is 0. The summed E-state index contributed by atoms with van der Waals surface area (Å²) in [6.07, 6.45) is 111. The second-order valence-corrected chi connectivity index (χ2v) is 31.3. The molecule has 0 saturated carbocycles. The summed E-state index contributed by atoms with van der Waals surface area (Å²) in [5.74, 6) is -0.781. The third-order valence-corrected chi connectivity index (χ3v) is 19.9. The zero-order chi connectivity index (χ0) is 71.8. The van der Waals surface area contributed by atoms with Crippen LogP contribution in [0.25, 0.3) is 0 Å². The lowest BCUT2D eigenvalue weighted by Gasteiger charge is -2.24. The Morgan fingerprint density at radius 3 is 0.859 bits per heavy atom. The van der Waals surface area contributed by atoms with Gasteiger partial charge in [-0.25, -0.2) is 4.57 Å². The van der Waals surface area contributed by atoms with Crippen LogP contribution in [0.15, 0.2) is 97.2 Å². The Balaban J connectivity index is 3.93. The average molecular weight is 1410 g/mol. The molecule has 99 heavy (non-hydrogen) atoms. The Morgan fingerprint density at radius 2 is 0.576 bits per heavy atom. The van der Waals surface area contributed by atoms with Gasteiger partial charge < -0.3 is 18.9 Å². The second-order valence-electron chi connectivity index (χ2n) is 29.8. The van der Waals surface area contributed by atoms with Gasteiger partial charge in [0.1, 0.15) is 19.8 Å². The molecule has 0 radical (unpaired) electrons. The molecule has 576 valence electrons. The summed E-state index contributed by atoms with van der Waals surface area (Å²) in [4.78, 5) is 36.0. The summed E-state index contributed by atoms with van der Waals surface area (Å²) >= 11 is 0. The number of esters is 2. The predicted molar refractivity (Wildman–Crippen MR) is 432 cm³/mol. The number of quaternary nitrogens is 1. The van der Waals surface area contributed by atoms with Crippen LogP contribution in [-0.2, 0) is 32.7 Å². The first-order valence-electron chi connectivity index (χ1n) is 42.5. The van der Waals surface area contributed by atoms with Crippen molar-refractivity contribution in [3.63, 3.8) is 0 Å². The van der Waals surface area contributed by atoms with Crippen molar-refractivity contribution in [3.05, 3.63) is 97.2 Å². The van der Waals surface area contributed by atoms with Gasteiger partial charge in [0.15, 0.2) is 6.10 Å². The molecule has 0 fully saturated rings. The van der Waals surface area contributed by atoms with E-state index in [4.69, 9.17) is 18.5 Å². The second kappa shape index (κ2) is 79.1. The van der Waals surface area contributed by atoms with E-state index in [0.717, 1.165) is 89.9 Å². The maximum absolute atomic E-state index is 12.9. The van der Waals surface area contributed by atoms with Crippen molar-refractivity contribution in [1.29, 1.82) is 0 Å². The number of carbonyl (C=O) groups excluding carboxylic acids is 2. The summed E-state index contributed by atoms with van der Waals surface area (Å²) in [7, 11) is 1.49. The maximum atomic E-state index is 12.9. The number of phosphoric ester groups is 1. The molecule has 9 nitrogen and oxygen atoms in total. The van der Waals surface area contributed by atoms with Crippen LogP contribution in [0.4, 0.5) is 0 Å². The van der Waals surface area contributed by atoms with Gasteiger partial charge in [-0.15, -0.1) is 0 Å². The topological polar surface area (TPSA) is 108 Å². The van der Waals surface area contributed by atoms with Crippen molar-refractivity contribution in [2.45, 2.75) is 412 Å². The number of hydrogen-bond acceptors (Lipinski definition) is 7. The number of hydrogen-bond donors (Lipinski definition) is 1. The molecule has 0 aliphatic heterocycles. The predicted octanol–water partition coefficient (Wildman–Crippen LogP) is 28.6. The van der Waals surface area contributed by atoms with E-state index in [1.807, 2.05) is 21.1 Å². The first kappa shape index (κ1) is 95.9. The molecule has 0 saturated heterocycles. The molecule has 0 aliphatic carbocycles. The van der Waals surface area contributed by atoms with E-state index in [-0.39, 0.29) is 25.6 Å². The van der Waals surface area contributed by atoms with Gasteiger partial charge in [-0.3, -0.25) is 18.6 Å². The minimum atomic E-state index is -4.40. The van der Waals surface area contributed by atoms with Crippen molar-refractivity contribution < 1.29 is 42.1 Å². The quantitative estimate of drug-likeness (QED) is 0.0211. The molecule has 2 atom stereocenters. The zero-order valence-electron chi connectivity index (χ0n) is 66.0. The number of ether oxygens (including phenoxy) is 2. The zero-order valence-corrected chi connectivity index (χ0v) is 66.9. The molecule has 10 heteroatoms. The highest BCUT2D eigenvalue weighted by molar-refractivity contribution is 7.47. The van der Waals surface area contributed by atoms with Crippen LogP contribution in [0.5, 0.6) is 0 Å². The fourth-order valence-corrected chi connectivity index (χ4v) is 13.2. The molecule has 0 aromatic heterocycles. The van der Waals surface area contributed by atoms with Crippen LogP contribution in [-0.4, -0.2) is 74.9 Å². The van der Waals surface area contributed by atoms with E-state index in [9.17, 15) is 19.0 Å². The molecule has 1 N–H and O–H groups in total. The van der Waals surface area contributed by atoms with E-state index in [2.05, 4.69) is 111 Å². The molecule has 0 bridgehead atoms. The van der Waals surface area contributed by atoms with Gasteiger partial charge in [-0.1, -0.05) is 413 Å². The van der Waals surface area contributed by atoms with E-state index >= 15 is 0 Å². The summed E-state index contributed by atoms with van der Waals surface area (Å²) < 4.78 is 34.9. The van der Waals surface area contributed by atoms with Crippen LogP contribution in [0.3, 0.4) is 0 Å². The van der Waals surface area contributed by atoms with Gasteiger partial charge in [0.2, 0.25) is 0 Å². The molecule has 0 aromatic rings. The van der Waals surface area contributed by atoms with E-state index < -0.39 is 26.5 Å². The van der Waals surface area contributed by atoms with E-state index in [1.54, 1.807) is 0 Å². The number of nitrogens with zero attached hydrogens (tertiary/aromatic N) is 1. The monoisotopic (exact) mass is 1410 g/mol. The van der Waals surface area contributed by atoms with Gasteiger partial charge in [-0.2, -0.15) is 0 Å². The smallest absolute Gasteiger partial charge is 0.462 e. The molecule has 0 rings (SSSR count). The Labute approximate surface area is 614 Å². The largest absolute Gasteiger partial charge is 0.472 e. The molecular formula is C89H163NO8P+. The molecule has 0 heterocycles. The highest BCUT2D eigenvalue weighted by Crippen LogP contribution is 2.43. The molecule has 0 spiro atoms. The summed E-state index contributed by atoms with van der Waals surface area (Å²) in [6, 6.07) is 0. The minimum Gasteiger partial charge on any atom is -0.462 e. The lowest BCUT2D eigenvalue weighted by Crippen LogP contribution is -2.37. The fraction of sp³-hybridized carbons (Fsp3) is 0.798. The Bertz CT molecular complexity index is 2000. The third kappa shape index (κ3) is 83.8. The van der Waals surface area contributed by atoms with Crippen molar-refractivity contribution in [2.75, 3.05) is 47.5 Å². The van der Waals surface area contributed by atoms with Crippen LogP contribution >= 0.6 is 7.82 Å². The molecule has 0 aliphatic rings. The number of carbonyl (C=O) groups is 2. The van der Waals surface area contributed by atoms with E-state index in [1.165, 1.54) is 283 Å². The number of unbranched alkanes of at least 4 members (excludes halogenated alkanes) is 49. The van der Waals surface area contributed by atoms with Gasteiger partial charge in [0.05, 0.1) is 27.7 Å². The SMILES string of the molecule is CC/C=C\C/C=C\C/C=C\C/C=C\C/C=C\C/C=C\C/C=C\C/C=C\CCCCCCCCCCCCCCCCC(=O)OC(COC(=O)CCCCCCCCCCCCCCCCCCCCCCCCCCCCCCCCCCCCCC)COP(=O)(O)OCC[N+](C)(C)C. The summed E-state index contributed by atoms with van der Waals surface area (Å²) in [6.45, 7) is 4.38. The maximum Gasteiger partial charge on any atom is 0.472 e. The minimum absolute atomic E-state index is 0.0310. The average Bonchev–Trinajstić information content (AvgIpc) is 0.989. The third-order valence-electron chi connectivity index (χ3n) is 18.9. The number of phosphoric acid groups is 1. The van der Waals surface area contributed by atoms with Crippen molar-refractivity contribution >= 4 is 19.8 Å². The van der Waals surface area contributed by atoms with Crippen molar-refractivity contribution in [1.82, 2.24) is 0 Å². The highest BCUT2D eigenvalue weighted by atomic mass is 31.2. The standard InChI is InChI=1S/C89H162NO8P/c1-6-8-10-12-14-16-18-20-22-24-26-28-30-32-34-36-38-40-42-44-45-46-48-50-52-54-56-58-60-62-64-66-68-70-72-74-76-78-80-82-89(92)98-87(86-97-99(93,94)96-84-83-90(3,4)5)85-95-88(91)81-79-77-75-73-71-69-67-65-63-61-59-57-55-53-51-49-47-43-41-39-37-35-33-31-29-27-25-23-21-19-17-15-13-11-9-7-2/h8,10,14,16,20,22,26,28,32,34,38,40,44-45,48,50,87H,6-7,9,11-13,15,17-19,21,23-25,27,29-31,33,35-37,39,41-43,46-47,49,51-86H2,1-5H3/p+1/b10-8-,16-14-,22-20-,28-26-,34-32-,40-38-,45-44-,50-48-. The first-order chi connectivity index (χ1) is 48.5. The number of allylic oxidation sites excluding steroid dienone is 16. The Hall–Kier alpha value is -3.07. The molecule has 0 amide bonds. The van der Waals surface area contributed by atoms with Gasteiger partial charge in [0, 0.05) is 12.8 Å². The number of rotatable bonds is 79.